The van der Waals surface area contributed by atoms with E-state index in [4.69, 9.17) is 16.6 Å². The van der Waals surface area contributed by atoms with E-state index in [9.17, 15) is 29.1 Å². The topological polar surface area (TPSA) is 214 Å². The van der Waals surface area contributed by atoms with E-state index in [1.165, 1.54) is 0 Å². The largest absolute Gasteiger partial charge is 0.481 e. The van der Waals surface area contributed by atoms with Crippen LogP contribution >= 0.6 is 0 Å². The number of rotatable bonds is 18. The number of carboxylic acids is 2. The highest BCUT2D eigenvalue weighted by molar-refractivity contribution is 5.94. The lowest BCUT2D eigenvalue weighted by Gasteiger charge is -2.26. The molecule has 1 aromatic carbocycles. The van der Waals surface area contributed by atoms with Gasteiger partial charge in [-0.25, -0.2) is 4.79 Å². The molecule has 5 atom stereocenters. The lowest BCUT2D eigenvalue weighted by molar-refractivity contribution is -0.142. The van der Waals surface area contributed by atoms with Crippen molar-refractivity contribution in [1.29, 1.82) is 0 Å². The molecule has 0 saturated heterocycles. The van der Waals surface area contributed by atoms with Gasteiger partial charge in [0, 0.05) is 12.8 Å². The van der Waals surface area contributed by atoms with Gasteiger partial charge >= 0.3 is 11.9 Å². The van der Waals surface area contributed by atoms with Crippen molar-refractivity contribution in [2.24, 2.45) is 17.4 Å². The van der Waals surface area contributed by atoms with Gasteiger partial charge in [0.2, 0.25) is 17.7 Å². The Morgan fingerprint density at radius 2 is 1.39 bits per heavy atom. The molecular weight excluding hydrogens is 494 g/mol. The quantitative estimate of drug-likeness (QED) is 0.127. The highest BCUT2D eigenvalue weighted by Gasteiger charge is 2.31. The van der Waals surface area contributed by atoms with E-state index in [2.05, 4.69) is 16.0 Å². The van der Waals surface area contributed by atoms with Crippen molar-refractivity contribution in [3.63, 3.8) is 0 Å². The van der Waals surface area contributed by atoms with Crippen molar-refractivity contribution in [3.05, 3.63) is 35.9 Å². The van der Waals surface area contributed by atoms with Gasteiger partial charge in [0.25, 0.3) is 0 Å². The molecule has 0 radical (unpaired) electrons. The molecule has 0 aliphatic carbocycles. The Morgan fingerprint density at radius 3 is 1.92 bits per heavy atom. The van der Waals surface area contributed by atoms with Gasteiger partial charge < -0.3 is 37.6 Å². The fourth-order valence-corrected chi connectivity index (χ4v) is 3.67. The number of amides is 3. The number of hydrogen-bond donors (Lipinski definition) is 7. The summed E-state index contributed by atoms with van der Waals surface area (Å²) in [6.07, 6.45) is 1.24. The molecule has 9 N–H and O–H groups in total. The van der Waals surface area contributed by atoms with E-state index in [0.29, 0.717) is 31.4 Å². The molecule has 0 spiro atoms. The predicted octanol–water partition coefficient (Wildman–Crippen LogP) is 0.135. The molecule has 0 aliphatic rings. The Labute approximate surface area is 222 Å². The smallest absolute Gasteiger partial charge is 0.326 e. The minimum absolute atomic E-state index is 0.0379. The minimum Gasteiger partial charge on any atom is -0.481 e. The van der Waals surface area contributed by atoms with Gasteiger partial charge in [-0.1, -0.05) is 50.6 Å². The summed E-state index contributed by atoms with van der Waals surface area (Å²) in [7, 11) is 0. The van der Waals surface area contributed by atoms with Crippen molar-refractivity contribution in [1.82, 2.24) is 16.0 Å². The maximum atomic E-state index is 13.1. The Balaban J connectivity index is 3.05. The van der Waals surface area contributed by atoms with E-state index in [1.54, 1.807) is 37.3 Å². The molecule has 1 aromatic rings. The Kier molecular flexibility index (Phi) is 14.6. The number of benzene rings is 1. The second-order valence-corrected chi connectivity index (χ2v) is 9.34. The van der Waals surface area contributed by atoms with Crippen molar-refractivity contribution in [2.45, 2.75) is 83.0 Å². The molecule has 0 aromatic heterocycles. The number of unbranched alkanes of at least 4 members (excludes halogenated alkanes) is 1. The lowest BCUT2D eigenvalue weighted by Crippen LogP contribution is -2.57. The Hall–Kier alpha value is -3.51. The summed E-state index contributed by atoms with van der Waals surface area (Å²) in [5.41, 5.74) is 12.2. The average Bonchev–Trinajstić information content (AvgIpc) is 2.89. The van der Waals surface area contributed by atoms with E-state index in [0.717, 1.165) is 0 Å². The van der Waals surface area contributed by atoms with Gasteiger partial charge in [0.15, 0.2) is 0 Å². The summed E-state index contributed by atoms with van der Waals surface area (Å²) < 4.78 is 0. The maximum Gasteiger partial charge on any atom is 0.326 e. The molecule has 5 unspecified atom stereocenters. The molecular formula is C26H41N5O7. The van der Waals surface area contributed by atoms with Crippen molar-refractivity contribution >= 4 is 29.7 Å². The normalized spacial score (nSPS) is 14.8. The summed E-state index contributed by atoms with van der Waals surface area (Å²) >= 11 is 0. The summed E-state index contributed by atoms with van der Waals surface area (Å²) in [5, 5.41) is 26.3. The number of hydrogen-bond acceptors (Lipinski definition) is 7. The van der Waals surface area contributed by atoms with E-state index in [1.807, 2.05) is 6.92 Å². The molecule has 0 heterocycles. The summed E-state index contributed by atoms with van der Waals surface area (Å²) in [6.45, 7) is 4.00. The molecule has 1 rings (SSSR count). The van der Waals surface area contributed by atoms with Crippen LogP contribution in [0.15, 0.2) is 30.3 Å². The highest BCUT2D eigenvalue weighted by Crippen LogP contribution is 2.09. The van der Waals surface area contributed by atoms with Gasteiger partial charge in [-0.05, 0) is 43.7 Å². The first-order valence-electron chi connectivity index (χ1n) is 12.8. The number of aliphatic carboxylic acids is 2. The van der Waals surface area contributed by atoms with Gasteiger partial charge in [-0.2, -0.15) is 0 Å². The zero-order valence-electron chi connectivity index (χ0n) is 22.0. The molecule has 12 nitrogen and oxygen atoms in total. The summed E-state index contributed by atoms with van der Waals surface area (Å²) in [5.74, 6) is -4.66. The first-order valence-corrected chi connectivity index (χ1v) is 12.8. The molecule has 212 valence electrons. The third-order valence-corrected chi connectivity index (χ3v) is 6.32. The predicted molar refractivity (Wildman–Crippen MR) is 141 cm³/mol. The number of carboxylic acid groups (broad SMARTS) is 2. The fraction of sp³-hybridized carbons (Fsp3) is 0.577. The monoisotopic (exact) mass is 535 g/mol. The van der Waals surface area contributed by atoms with Gasteiger partial charge in [-0.3, -0.25) is 19.2 Å². The number of carbonyl (C=O) groups is 5. The van der Waals surface area contributed by atoms with Gasteiger partial charge in [0.05, 0.1) is 6.04 Å². The maximum absolute atomic E-state index is 13.1. The van der Waals surface area contributed by atoms with Crippen LogP contribution in [0.25, 0.3) is 0 Å². The molecule has 3 amide bonds. The fourth-order valence-electron chi connectivity index (χ4n) is 3.67. The molecule has 0 bridgehead atoms. The van der Waals surface area contributed by atoms with E-state index >= 15 is 0 Å². The standard InChI is InChI=1S/C26H41N5O7/c1-3-16(2)22(28)25(36)30-19(12-13-21(32)33)24(35)29-18(11-7-8-14-27)23(34)31-20(26(37)38)15-17-9-5-4-6-10-17/h4-6,9-10,16,18-20,22H,3,7-8,11-15,27-28H2,1-2H3,(H,29,35)(H,30,36)(H,31,34)(H,32,33)(H,37,38). The zero-order chi connectivity index (χ0) is 28.7. The first kappa shape index (κ1) is 32.5. The van der Waals surface area contributed by atoms with Crippen LogP contribution in [-0.4, -0.2) is 70.6 Å². The van der Waals surface area contributed by atoms with Crippen LogP contribution in [0.4, 0.5) is 0 Å². The van der Waals surface area contributed by atoms with Crippen LogP contribution in [0.1, 0.15) is 57.9 Å². The van der Waals surface area contributed by atoms with Crippen LogP contribution in [0.3, 0.4) is 0 Å². The minimum atomic E-state index is -1.25. The van der Waals surface area contributed by atoms with Crippen LogP contribution < -0.4 is 27.4 Å². The van der Waals surface area contributed by atoms with Crippen LogP contribution in [0.5, 0.6) is 0 Å². The van der Waals surface area contributed by atoms with Crippen molar-refractivity contribution < 1.29 is 34.2 Å². The van der Waals surface area contributed by atoms with Crippen molar-refractivity contribution in [3.8, 4) is 0 Å². The van der Waals surface area contributed by atoms with Gasteiger partial charge in [0.1, 0.15) is 18.1 Å². The summed E-state index contributed by atoms with van der Waals surface area (Å²) in [4.78, 5) is 61.8. The second kappa shape index (κ2) is 17.1. The third-order valence-electron chi connectivity index (χ3n) is 6.32. The SMILES string of the molecule is CCC(C)C(N)C(=O)NC(CCC(=O)O)C(=O)NC(CCCCN)C(=O)NC(Cc1ccccc1)C(=O)O. The first-order chi connectivity index (χ1) is 18.0. The van der Waals surface area contributed by atoms with Gasteiger partial charge in [-0.15, -0.1) is 0 Å². The average molecular weight is 536 g/mol. The molecule has 0 saturated carbocycles. The molecule has 12 heteroatoms. The van der Waals surface area contributed by atoms with E-state index in [-0.39, 0.29) is 25.2 Å². The lowest BCUT2D eigenvalue weighted by atomic mass is 9.98. The van der Waals surface area contributed by atoms with Crippen LogP contribution in [0.2, 0.25) is 0 Å². The van der Waals surface area contributed by atoms with Crippen molar-refractivity contribution in [2.75, 3.05) is 6.54 Å². The zero-order valence-corrected chi connectivity index (χ0v) is 22.0. The van der Waals surface area contributed by atoms with Crippen LogP contribution in [0, 0.1) is 5.92 Å². The molecule has 0 fully saturated rings. The number of nitrogens with two attached hydrogens (primary N) is 2. The van der Waals surface area contributed by atoms with Crippen LogP contribution in [-0.2, 0) is 30.4 Å². The second-order valence-electron chi connectivity index (χ2n) is 9.34. The summed E-state index contributed by atoms with van der Waals surface area (Å²) in [6, 6.07) is 4.25. The van der Waals surface area contributed by atoms with E-state index < -0.39 is 60.2 Å². The number of nitrogens with one attached hydrogen (secondary N) is 3. The Morgan fingerprint density at radius 1 is 0.842 bits per heavy atom. The Bertz CT molecular complexity index is 928. The molecule has 0 aliphatic heterocycles. The third kappa shape index (κ3) is 11.7. The highest BCUT2D eigenvalue weighted by atomic mass is 16.4. The molecule has 38 heavy (non-hydrogen) atoms. The number of carbonyl (C=O) groups excluding carboxylic acids is 3.